The Balaban J connectivity index is 0.00000288. The van der Waals surface area contributed by atoms with Crippen LogP contribution in [0.2, 0.25) is 0 Å². The third-order valence-corrected chi connectivity index (χ3v) is 5.52. The summed E-state index contributed by atoms with van der Waals surface area (Å²) in [6.07, 6.45) is 8.99. The van der Waals surface area contributed by atoms with E-state index in [1.165, 1.54) is 31.2 Å². The number of hydrogen-bond donors (Lipinski definition) is 2. The molecule has 1 aromatic carbocycles. The number of nitrogens with two attached hydrogens (primary N) is 1. The van der Waals surface area contributed by atoms with E-state index in [0.717, 1.165) is 38.8 Å². The lowest BCUT2D eigenvalue weighted by Crippen LogP contribution is -2.49. The minimum absolute atomic E-state index is 0. The van der Waals surface area contributed by atoms with Gasteiger partial charge in [0.1, 0.15) is 6.23 Å². The maximum absolute atomic E-state index is 10.4. The van der Waals surface area contributed by atoms with Gasteiger partial charge in [0.15, 0.2) is 0 Å². The van der Waals surface area contributed by atoms with Crippen LogP contribution in [0.3, 0.4) is 0 Å². The molecule has 0 aromatic heterocycles. The van der Waals surface area contributed by atoms with Crippen LogP contribution in [-0.2, 0) is 5.41 Å². The number of aliphatic hydroxyl groups excluding tert-OH is 1. The average Bonchev–Trinajstić information content (AvgIpc) is 2.62. The van der Waals surface area contributed by atoms with E-state index in [4.69, 9.17) is 5.73 Å². The highest BCUT2D eigenvalue weighted by atomic mass is 35.5. The Labute approximate surface area is 166 Å². The molecule has 0 amide bonds. The van der Waals surface area contributed by atoms with Gasteiger partial charge in [-0.3, -0.25) is 4.90 Å². The van der Waals surface area contributed by atoms with Crippen molar-refractivity contribution in [2.24, 2.45) is 5.73 Å². The van der Waals surface area contributed by atoms with Crippen molar-refractivity contribution in [3.63, 3.8) is 0 Å². The summed E-state index contributed by atoms with van der Waals surface area (Å²) in [4.78, 5) is 2.25. The smallest absolute Gasteiger partial charge is 0.107 e. The molecule has 1 heterocycles. The molecule has 0 spiro atoms. The fourth-order valence-corrected chi connectivity index (χ4v) is 3.77. The first-order chi connectivity index (χ1) is 11.2. The molecular formula is C20H36Cl2N2O. The van der Waals surface area contributed by atoms with Gasteiger partial charge >= 0.3 is 0 Å². The van der Waals surface area contributed by atoms with Gasteiger partial charge in [0, 0.05) is 25.0 Å². The topological polar surface area (TPSA) is 49.5 Å². The highest BCUT2D eigenvalue weighted by Gasteiger charge is 2.36. The summed E-state index contributed by atoms with van der Waals surface area (Å²) >= 11 is 0. The summed E-state index contributed by atoms with van der Waals surface area (Å²) in [6.45, 7) is 4.82. The number of unbranched alkanes of at least 4 members (excludes halogenated alkanes) is 4. The van der Waals surface area contributed by atoms with Gasteiger partial charge in [0.05, 0.1) is 0 Å². The van der Waals surface area contributed by atoms with E-state index in [2.05, 4.69) is 42.2 Å². The van der Waals surface area contributed by atoms with Gasteiger partial charge in [0.25, 0.3) is 0 Å². The number of likely N-dealkylation sites (tertiary alicyclic amines) is 1. The van der Waals surface area contributed by atoms with Crippen molar-refractivity contribution in [2.75, 3.05) is 19.6 Å². The zero-order valence-corrected chi connectivity index (χ0v) is 17.2. The molecule has 0 aliphatic carbocycles. The summed E-state index contributed by atoms with van der Waals surface area (Å²) < 4.78 is 0. The number of halogens is 2. The summed E-state index contributed by atoms with van der Waals surface area (Å²) in [5.74, 6) is 0. The van der Waals surface area contributed by atoms with Gasteiger partial charge in [-0.05, 0) is 31.2 Å². The molecule has 1 atom stereocenters. The molecule has 0 radical (unpaired) electrons. The van der Waals surface area contributed by atoms with Crippen LogP contribution in [0.1, 0.15) is 63.9 Å². The van der Waals surface area contributed by atoms with Gasteiger partial charge < -0.3 is 10.8 Å². The van der Waals surface area contributed by atoms with Gasteiger partial charge in [-0.2, -0.15) is 0 Å². The first-order valence-electron chi connectivity index (χ1n) is 9.39. The number of rotatable bonds is 9. The van der Waals surface area contributed by atoms with Crippen LogP contribution in [0.15, 0.2) is 30.3 Å². The lowest BCUT2D eigenvalue weighted by atomic mass is 9.73. The number of aliphatic hydroxyl groups is 1. The van der Waals surface area contributed by atoms with Crippen LogP contribution in [0.25, 0.3) is 0 Å². The monoisotopic (exact) mass is 390 g/mol. The van der Waals surface area contributed by atoms with Crippen molar-refractivity contribution >= 4 is 24.8 Å². The predicted molar refractivity (Wildman–Crippen MR) is 112 cm³/mol. The predicted octanol–water partition coefficient (Wildman–Crippen LogP) is 4.50. The number of piperidine rings is 1. The molecule has 1 aliphatic heterocycles. The second kappa shape index (κ2) is 12.9. The largest absolute Gasteiger partial charge is 0.378 e. The van der Waals surface area contributed by atoms with E-state index < -0.39 is 0 Å². The molecule has 146 valence electrons. The quantitative estimate of drug-likeness (QED) is 0.610. The minimum Gasteiger partial charge on any atom is -0.378 e. The second-order valence-electron chi connectivity index (χ2n) is 7.07. The van der Waals surface area contributed by atoms with E-state index >= 15 is 0 Å². The van der Waals surface area contributed by atoms with Crippen LogP contribution in [0.5, 0.6) is 0 Å². The Kier molecular flexibility index (Phi) is 12.8. The molecule has 2 rings (SSSR count). The zero-order valence-electron chi connectivity index (χ0n) is 15.5. The Morgan fingerprint density at radius 2 is 1.64 bits per heavy atom. The van der Waals surface area contributed by atoms with E-state index in [1.807, 2.05) is 0 Å². The Hall–Kier alpha value is -0.320. The van der Waals surface area contributed by atoms with Gasteiger partial charge in [-0.25, -0.2) is 0 Å². The van der Waals surface area contributed by atoms with Gasteiger partial charge in [-0.1, -0.05) is 62.9 Å². The SMILES string of the molecule is CCCCCCCC(O)N1CCC(CN)(c2ccccc2)CC1.Cl.Cl. The highest BCUT2D eigenvalue weighted by Crippen LogP contribution is 2.35. The molecule has 0 saturated carbocycles. The van der Waals surface area contributed by atoms with E-state index in [-0.39, 0.29) is 36.5 Å². The maximum Gasteiger partial charge on any atom is 0.107 e. The summed E-state index contributed by atoms with van der Waals surface area (Å²) in [5.41, 5.74) is 7.59. The van der Waals surface area contributed by atoms with Crippen LogP contribution < -0.4 is 5.73 Å². The maximum atomic E-state index is 10.4. The molecule has 1 aliphatic rings. The molecule has 0 bridgehead atoms. The zero-order chi connectivity index (χ0) is 16.5. The van der Waals surface area contributed by atoms with Crippen LogP contribution in [-0.4, -0.2) is 35.9 Å². The molecular weight excluding hydrogens is 355 g/mol. The fourth-order valence-electron chi connectivity index (χ4n) is 3.77. The van der Waals surface area contributed by atoms with Crippen LogP contribution in [0.4, 0.5) is 0 Å². The third kappa shape index (κ3) is 7.07. The fraction of sp³-hybridized carbons (Fsp3) is 0.700. The highest BCUT2D eigenvalue weighted by molar-refractivity contribution is 5.85. The van der Waals surface area contributed by atoms with Gasteiger partial charge in [0.2, 0.25) is 0 Å². The lowest BCUT2D eigenvalue weighted by Gasteiger charge is -2.43. The van der Waals surface area contributed by atoms with Crippen molar-refractivity contribution in [1.82, 2.24) is 4.90 Å². The van der Waals surface area contributed by atoms with E-state index in [1.54, 1.807) is 0 Å². The lowest BCUT2D eigenvalue weighted by molar-refractivity contribution is -0.0272. The number of hydrogen-bond acceptors (Lipinski definition) is 3. The Bertz CT molecular complexity index is 437. The van der Waals surface area contributed by atoms with Crippen molar-refractivity contribution < 1.29 is 5.11 Å². The molecule has 1 unspecified atom stereocenters. The Morgan fingerprint density at radius 3 is 2.20 bits per heavy atom. The van der Waals surface area contributed by atoms with Crippen molar-refractivity contribution in [2.45, 2.75) is 69.9 Å². The first-order valence-corrected chi connectivity index (χ1v) is 9.39. The molecule has 3 N–H and O–H groups in total. The van der Waals surface area contributed by atoms with Crippen LogP contribution >= 0.6 is 24.8 Å². The first kappa shape index (κ1) is 24.7. The summed E-state index contributed by atoms with van der Waals surface area (Å²) in [6, 6.07) is 10.7. The standard InChI is InChI=1S/C20H34N2O.2ClH/c1-2-3-4-5-9-12-19(23)22-15-13-20(17-21,14-16-22)18-10-7-6-8-11-18;;/h6-8,10-11,19,23H,2-5,9,12-17,21H2,1H3;2*1H. The van der Waals surface area contributed by atoms with Crippen molar-refractivity contribution in [3.05, 3.63) is 35.9 Å². The molecule has 3 nitrogen and oxygen atoms in total. The summed E-state index contributed by atoms with van der Waals surface area (Å²) in [7, 11) is 0. The van der Waals surface area contributed by atoms with E-state index in [9.17, 15) is 5.11 Å². The summed E-state index contributed by atoms with van der Waals surface area (Å²) in [5, 5.41) is 10.4. The molecule has 1 aromatic rings. The van der Waals surface area contributed by atoms with E-state index in [0.29, 0.717) is 6.54 Å². The molecule has 5 heteroatoms. The average molecular weight is 391 g/mol. The number of benzene rings is 1. The van der Waals surface area contributed by atoms with Crippen molar-refractivity contribution in [3.8, 4) is 0 Å². The normalized spacial score (nSPS) is 18.0. The molecule has 1 saturated heterocycles. The second-order valence-corrected chi connectivity index (χ2v) is 7.07. The van der Waals surface area contributed by atoms with Crippen LogP contribution in [0, 0.1) is 0 Å². The molecule has 25 heavy (non-hydrogen) atoms. The number of nitrogens with zero attached hydrogens (tertiary/aromatic N) is 1. The van der Waals surface area contributed by atoms with Gasteiger partial charge in [-0.15, -0.1) is 24.8 Å². The Morgan fingerprint density at radius 1 is 1.04 bits per heavy atom. The molecule has 1 fully saturated rings. The minimum atomic E-state index is -0.275. The van der Waals surface area contributed by atoms with Crippen molar-refractivity contribution in [1.29, 1.82) is 0 Å². The third-order valence-electron chi connectivity index (χ3n) is 5.52.